The number of rotatable bonds is 3. The quantitative estimate of drug-likeness (QED) is 0.908. The molecule has 4 nitrogen and oxygen atoms in total. The van der Waals surface area contributed by atoms with Crippen molar-refractivity contribution in [2.45, 2.75) is 0 Å². The van der Waals surface area contributed by atoms with Crippen LogP contribution in [0.5, 0.6) is 0 Å². The summed E-state index contributed by atoms with van der Waals surface area (Å²) in [6.45, 7) is 0. The van der Waals surface area contributed by atoms with Gasteiger partial charge in [-0.3, -0.25) is 0 Å². The van der Waals surface area contributed by atoms with Crippen molar-refractivity contribution in [3.05, 3.63) is 46.4 Å². The lowest BCUT2D eigenvalue weighted by molar-refractivity contribution is 0.0663. The Bertz CT molecular complexity index is 568. The van der Waals surface area contributed by atoms with E-state index >= 15 is 0 Å². The first-order chi connectivity index (χ1) is 8.06. The van der Waals surface area contributed by atoms with Gasteiger partial charge in [0.1, 0.15) is 5.82 Å². The average Bonchev–Trinajstić information content (AvgIpc) is 2.71. The van der Waals surface area contributed by atoms with Crippen LogP contribution in [0.25, 0.3) is 0 Å². The second kappa shape index (κ2) is 4.58. The highest BCUT2D eigenvalue weighted by molar-refractivity contribution is 9.10. The summed E-state index contributed by atoms with van der Waals surface area (Å²) in [6.07, 6.45) is 0. The Morgan fingerprint density at radius 1 is 1.35 bits per heavy atom. The van der Waals surface area contributed by atoms with E-state index in [4.69, 9.17) is 9.52 Å². The summed E-state index contributed by atoms with van der Waals surface area (Å²) in [6, 6.07) is 7.19. The average molecular weight is 300 g/mol. The first-order valence-corrected chi connectivity index (χ1v) is 5.41. The van der Waals surface area contributed by atoms with Crippen molar-refractivity contribution in [3.8, 4) is 0 Å². The van der Waals surface area contributed by atoms with E-state index in [-0.39, 0.29) is 17.3 Å². The largest absolute Gasteiger partial charge is 0.475 e. The van der Waals surface area contributed by atoms with Gasteiger partial charge in [-0.1, -0.05) is 15.9 Å². The third-order valence-electron chi connectivity index (χ3n) is 2.01. The molecule has 1 aromatic heterocycles. The number of halogens is 2. The molecular formula is C11H7BrFNO3. The monoisotopic (exact) mass is 299 g/mol. The van der Waals surface area contributed by atoms with Crippen molar-refractivity contribution < 1.29 is 18.7 Å². The van der Waals surface area contributed by atoms with E-state index in [0.717, 1.165) is 0 Å². The molecule has 0 unspecified atom stereocenters. The molecule has 0 saturated carbocycles. The van der Waals surface area contributed by atoms with Crippen LogP contribution in [0.4, 0.5) is 16.0 Å². The molecular weight excluding hydrogens is 293 g/mol. The molecule has 0 aliphatic rings. The van der Waals surface area contributed by atoms with Crippen LogP contribution in [-0.4, -0.2) is 11.1 Å². The number of carboxylic acid groups (broad SMARTS) is 1. The van der Waals surface area contributed by atoms with Gasteiger partial charge in [-0.25, -0.2) is 9.18 Å². The highest BCUT2D eigenvalue weighted by Crippen LogP contribution is 2.24. The lowest BCUT2D eigenvalue weighted by atomic mass is 10.3. The summed E-state index contributed by atoms with van der Waals surface area (Å²) in [4.78, 5) is 10.6. The lowest BCUT2D eigenvalue weighted by Crippen LogP contribution is -1.94. The molecule has 0 saturated heterocycles. The highest BCUT2D eigenvalue weighted by Gasteiger charge is 2.10. The van der Waals surface area contributed by atoms with Gasteiger partial charge in [-0.2, -0.15) is 0 Å². The molecule has 0 fully saturated rings. The molecule has 0 atom stereocenters. The molecule has 1 aromatic carbocycles. The van der Waals surface area contributed by atoms with Gasteiger partial charge < -0.3 is 14.8 Å². The normalized spacial score (nSPS) is 10.2. The van der Waals surface area contributed by atoms with Crippen molar-refractivity contribution in [3.63, 3.8) is 0 Å². The van der Waals surface area contributed by atoms with Gasteiger partial charge in [-0.15, -0.1) is 0 Å². The molecule has 17 heavy (non-hydrogen) atoms. The number of furan rings is 1. The number of aromatic carboxylic acids is 1. The Hall–Kier alpha value is -1.82. The molecule has 0 aliphatic heterocycles. The standard InChI is InChI=1S/C11H7BrFNO3/c12-6-1-2-8(7(13)5-6)14-10-4-3-9(17-10)11(15)16/h1-5,14H,(H,15,16). The molecule has 0 aliphatic carbocycles. The SMILES string of the molecule is O=C(O)c1ccc(Nc2ccc(Br)cc2F)o1. The van der Waals surface area contributed by atoms with Crippen LogP contribution in [0.15, 0.2) is 39.2 Å². The maximum absolute atomic E-state index is 13.5. The van der Waals surface area contributed by atoms with E-state index in [9.17, 15) is 9.18 Å². The van der Waals surface area contributed by atoms with Crippen LogP contribution in [-0.2, 0) is 0 Å². The smallest absolute Gasteiger partial charge is 0.371 e. The zero-order valence-corrected chi connectivity index (χ0v) is 9.99. The third kappa shape index (κ3) is 2.65. The van der Waals surface area contributed by atoms with Gasteiger partial charge in [0.05, 0.1) is 5.69 Å². The Morgan fingerprint density at radius 2 is 2.12 bits per heavy atom. The van der Waals surface area contributed by atoms with Gasteiger partial charge in [-0.05, 0) is 24.3 Å². The van der Waals surface area contributed by atoms with E-state index < -0.39 is 11.8 Å². The van der Waals surface area contributed by atoms with Crippen molar-refractivity contribution in [1.29, 1.82) is 0 Å². The summed E-state index contributed by atoms with van der Waals surface area (Å²) in [5, 5.41) is 11.3. The van der Waals surface area contributed by atoms with E-state index in [1.807, 2.05) is 0 Å². The Kier molecular flexibility index (Phi) is 3.14. The first kappa shape index (κ1) is 11.7. The van der Waals surface area contributed by atoms with Crippen molar-refractivity contribution >= 4 is 33.5 Å². The van der Waals surface area contributed by atoms with Crippen molar-refractivity contribution in [2.24, 2.45) is 0 Å². The number of nitrogens with one attached hydrogen (secondary N) is 1. The van der Waals surface area contributed by atoms with Gasteiger partial charge in [0, 0.05) is 10.5 Å². The van der Waals surface area contributed by atoms with Crippen LogP contribution >= 0.6 is 15.9 Å². The molecule has 6 heteroatoms. The van der Waals surface area contributed by atoms with Crippen LogP contribution in [0.1, 0.15) is 10.6 Å². The van der Waals surface area contributed by atoms with E-state index in [2.05, 4.69) is 21.2 Å². The van der Waals surface area contributed by atoms with Gasteiger partial charge in [0.15, 0.2) is 5.88 Å². The summed E-state index contributed by atoms with van der Waals surface area (Å²) >= 11 is 3.14. The summed E-state index contributed by atoms with van der Waals surface area (Å²) in [7, 11) is 0. The van der Waals surface area contributed by atoms with Gasteiger partial charge in [0.2, 0.25) is 5.76 Å². The number of hydrogen-bond acceptors (Lipinski definition) is 3. The highest BCUT2D eigenvalue weighted by atomic mass is 79.9. The molecule has 1 heterocycles. The maximum Gasteiger partial charge on any atom is 0.371 e. The molecule has 0 bridgehead atoms. The van der Waals surface area contributed by atoms with Crippen LogP contribution in [0.2, 0.25) is 0 Å². The number of carboxylic acids is 1. The fraction of sp³-hybridized carbons (Fsp3) is 0. The fourth-order valence-corrected chi connectivity index (χ4v) is 1.58. The lowest BCUT2D eigenvalue weighted by Gasteiger charge is -2.04. The van der Waals surface area contributed by atoms with E-state index in [1.165, 1.54) is 24.3 Å². The number of anilines is 2. The van der Waals surface area contributed by atoms with E-state index in [0.29, 0.717) is 4.47 Å². The second-order valence-corrected chi connectivity index (χ2v) is 4.13. The molecule has 2 aromatic rings. The van der Waals surface area contributed by atoms with Crippen LogP contribution in [0, 0.1) is 5.82 Å². The minimum atomic E-state index is -1.17. The third-order valence-corrected chi connectivity index (χ3v) is 2.50. The zero-order chi connectivity index (χ0) is 12.4. The Labute approximate surface area is 104 Å². The fourth-order valence-electron chi connectivity index (χ4n) is 1.24. The molecule has 0 spiro atoms. The number of benzene rings is 1. The minimum Gasteiger partial charge on any atom is -0.475 e. The zero-order valence-electron chi connectivity index (χ0n) is 8.41. The predicted molar refractivity (Wildman–Crippen MR) is 63.1 cm³/mol. The number of carbonyl (C=O) groups is 1. The Morgan fingerprint density at radius 3 is 2.71 bits per heavy atom. The van der Waals surface area contributed by atoms with Crippen LogP contribution < -0.4 is 5.32 Å². The predicted octanol–water partition coefficient (Wildman–Crippen LogP) is 3.62. The van der Waals surface area contributed by atoms with Crippen molar-refractivity contribution in [2.75, 3.05) is 5.32 Å². The molecule has 2 N–H and O–H groups in total. The van der Waals surface area contributed by atoms with Crippen LogP contribution in [0.3, 0.4) is 0 Å². The molecule has 88 valence electrons. The summed E-state index contributed by atoms with van der Waals surface area (Å²) < 4.78 is 19.0. The Balaban J connectivity index is 2.22. The van der Waals surface area contributed by atoms with Gasteiger partial charge >= 0.3 is 5.97 Å². The summed E-state index contributed by atoms with van der Waals surface area (Å²) in [5.74, 6) is -1.67. The maximum atomic E-state index is 13.5. The molecule has 0 radical (unpaired) electrons. The second-order valence-electron chi connectivity index (χ2n) is 3.22. The topological polar surface area (TPSA) is 62.5 Å². The molecule has 2 rings (SSSR count). The molecule has 0 amide bonds. The van der Waals surface area contributed by atoms with Crippen molar-refractivity contribution in [1.82, 2.24) is 0 Å². The first-order valence-electron chi connectivity index (χ1n) is 4.61. The number of hydrogen-bond donors (Lipinski definition) is 2. The summed E-state index contributed by atoms with van der Waals surface area (Å²) in [5.41, 5.74) is 0.208. The minimum absolute atomic E-state index is 0.170. The van der Waals surface area contributed by atoms with E-state index in [1.54, 1.807) is 6.07 Å². The van der Waals surface area contributed by atoms with Gasteiger partial charge in [0.25, 0.3) is 0 Å².